The van der Waals surface area contributed by atoms with E-state index in [1.54, 1.807) is 0 Å². The van der Waals surface area contributed by atoms with Crippen LogP contribution in [0.3, 0.4) is 0 Å². The maximum atomic E-state index is 12.6. The molecule has 0 amide bonds. The van der Waals surface area contributed by atoms with Crippen LogP contribution in [0.4, 0.5) is 13.2 Å². The van der Waals surface area contributed by atoms with Gasteiger partial charge in [-0.3, -0.25) is 9.89 Å². The van der Waals surface area contributed by atoms with Gasteiger partial charge in [-0.2, -0.15) is 13.2 Å². The molecule has 1 aromatic carbocycles. The second-order valence-corrected chi connectivity index (χ2v) is 8.39. The Balaban J connectivity index is 0.00000341. The third-order valence-corrected chi connectivity index (χ3v) is 5.80. The number of hydrogen-bond donors (Lipinski definition) is 2. The van der Waals surface area contributed by atoms with Crippen molar-refractivity contribution in [1.29, 1.82) is 0 Å². The summed E-state index contributed by atoms with van der Waals surface area (Å²) in [6, 6.07) is 10.6. The van der Waals surface area contributed by atoms with Gasteiger partial charge >= 0.3 is 6.18 Å². The van der Waals surface area contributed by atoms with E-state index in [2.05, 4.69) is 39.8 Å². The van der Waals surface area contributed by atoms with Crippen molar-refractivity contribution in [3.8, 4) is 0 Å². The van der Waals surface area contributed by atoms with E-state index in [0.29, 0.717) is 25.4 Å². The zero-order chi connectivity index (χ0) is 21.4. The Kier molecular flexibility index (Phi) is 10.8. The molecule has 0 radical (unpaired) electrons. The van der Waals surface area contributed by atoms with Gasteiger partial charge in [0.05, 0.1) is 6.54 Å². The van der Waals surface area contributed by atoms with E-state index in [0.717, 1.165) is 51.5 Å². The number of nitrogens with one attached hydrogen (secondary N) is 2. The lowest BCUT2D eigenvalue weighted by Crippen LogP contribution is -2.45. The third-order valence-electron chi connectivity index (χ3n) is 5.80. The van der Waals surface area contributed by atoms with Crippen molar-refractivity contribution in [3.05, 3.63) is 35.9 Å². The molecule has 2 aliphatic heterocycles. The summed E-state index contributed by atoms with van der Waals surface area (Å²) in [5, 5.41) is 6.57. The Morgan fingerprint density at radius 2 is 1.84 bits per heavy atom. The van der Waals surface area contributed by atoms with Gasteiger partial charge in [0, 0.05) is 45.3 Å². The highest BCUT2D eigenvalue weighted by Gasteiger charge is 2.34. The van der Waals surface area contributed by atoms with Gasteiger partial charge < -0.3 is 15.5 Å². The molecule has 2 atom stereocenters. The lowest BCUT2D eigenvalue weighted by atomic mass is 10.1. The molecule has 9 heteroatoms. The molecule has 0 spiro atoms. The normalized spacial score (nSPS) is 23.0. The SMILES string of the molecule is CCNC(=NCC1CCN(CCc2ccccc2)C1)NC1CCN(CC(F)(F)F)C1.I. The molecule has 1 aromatic rings. The number of benzene rings is 1. The molecule has 2 fully saturated rings. The maximum Gasteiger partial charge on any atom is 0.401 e. The van der Waals surface area contributed by atoms with Gasteiger partial charge in [0.1, 0.15) is 0 Å². The molecular formula is C22H35F3IN5. The second-order valence-electron chi connectivity index (χ2n) is 8.39. The van der Waals surface area contributed by atoms with Gasteiger partial charge in [0.25, 0.3) is 0 Å². The van der Waals surface area contributed by atoms with Gasteiger partial charge in [-0.25, -0.2) is 0 Å². The van der Waals surface area contributed by atoms with Gasteiger partial charge in [0.15, 0.2) is 5.96 Å². The molecule has 2 heterocycles. The van der Waals surface area contributed by atoms with Crippen molar-refractivity contribution in [3.63, 3.8) is 0 Å². The summed E-state index contributed by atoms with van der Waals surface area (Å²) < 4.78 is 37.8. The first kappa shape index (κ1) is 26.2. The molecule has 0 saturated carbocycles. The van der Waals surface area contributed by atoms with E-state index in [1.807, 2.05) is 13.0 Å². The van der Waals surface area contributed by atoms with Crippen LogP contribution in [0.1, 0.15) is 25.3 Å². The number of alkyl halides is 3. The van der Waals surface area contributed by atoms with Crippen LogP contribution < -0.4 is 10.6 Å². The summed E-state index contributed by atoms with van der Waals surface area (Å²) >= 11 is 0. The molecule has 0 bridgehead atoms. The first-order valence-electron chi connectivity index (χ1n) is 11.0. The molecule has 176 valence electrons. The predicted octanol–water partition coefficient (Wildman–Crippen LogP) is 3.36. The minimum Gasteiger partial charge on any atom is -0.357 e. The van der Waals surface area contributed by atoms with Gasteiger partial charge in [-0.1, -0.05) is 30.3 Å². The number of halogens is 4. The standard InChI is InChI=1S/C22H34F3N5.HI/c1-2-26-21(28-20-10-13-30(16-20)17-22(23,24)25)27-14-19-9-12-29(15-19)11-8-18-6-4-3-5-7-18;/h3-7,19-20H,2,8-17H2,1H3,(H2,26,27,28);1H. The summed E-state index contributed by atoms with van der Waals surface area (Å²) in [6.07, 6.45) is -1.23. The molecule has 3 rings (SSSR count). The first-order valence-corrected chi connectivity index (χ1v) is 11.0. The minimum absolute atomic E-state index is 0. The van der Waals surface area contributed by atoms with Gasteiger partial charge in [-0.15, -0.1) is 24.0 Å². The molecular weight excluding hydrogens is 518 g/mol. The fourth-order valence-corrected chi connectivity index (χ4v) is 4.28. The van der Waals surface area contributed by atoms with Crippen LogP contribution in [0.15, 0.2) is 35.3 Å². The Hall–Kier alpha value is -1.07. The number of rotatable bonds is 8. The second kappa shape index (κ2) is 12.8. The van der Waals surface area contributed by atoms with Crippen LogP contribution >= 0.6 is 24.0 Å². The van der Waals surface area contributed by atoms with Crippen LogP contribution in [0, 0.1) is 5.92 Å². The van der Waals surface area contributed by atoms with E-state index in [9.17, 15) is 13.2 Å². The lowest BCUT2D eigenvalue weighted by Gasteiger charge is -2.20. The Labute approximate surface area is 200 Å². The summed E-state index contributed by atoms with van der Waals surface area (Å²) in [7, 11) is 0. The van der Waals surface area contributed by atoms with Gasteiger partial charge in [-0.05, 0) is 44.2 Å². The highest BCUT2D eigenvalue weighted by molar-refractivity contribution is 14.0. The molecule has 5 nitrogen and oxygen atoms in total. The zero-order valence-electron chi connectivity index (χ0n) is 18.2. The van der Waals surface area contributed by atoms with E-state index >= 15 is 0 Å². The molecule has 2 aliphatic rings. The average Bonchev–Trinajstić information content (AvgIpc) is 3.33. The quantitative estimate of drug-likeness (QED) is 0.295. The van der Waals surface area contributed by atoms with Crippen molar-refractivity contribution >= 4 is 29.9 Å². The minimum atomic E-state index is -4.14. The van der Waals surface area contributed by atoms with Crippen LogP contribution in [0.5, 0.6) is 0 Å². The van der Waals surface area contributed by atoms with Crippen LogP contribution in [-0.4, -0.2) is 80.3 Å². The van der Waals surface area contributed by atoms with Crippen molar-refractivity contribution in [2.75, 3.05) is 52.4 Å². The van der Waals surface area contributed by atoms with Crippen molar-refractivity contribution in [1.82, 2.24) is 20.4 Å². The predicted molar refractivity (Wildman–Crippen MR) is 130 cm³/mol. The third kappa shape index (κ3) is 9.53. The summed E-state index contributed by atoms with van der Waals surface area (Å²) in [5.74, 6) is 1.25. The fraction of sp³-hybridized carbons (Fsp3) is 0.682. The molecule has 0 aromatic heterocycles. The zero-order valence-corrected chi connectivity index (χ0v) is 20.5. The molecule has 2 N–H and O–H groups in total. The first-order chi connectivity index (χ1) is 14.4. The smallest absolute Gasteiger partial charge is 0.357 e. The fourth-order valence-electron chi connectivity index (χ4n) is 4.28. The number of aliphatic imine (C=N–C) groups is 1. The maximum absolute atomic E-state index is 12.6. The number of hydrogen-bond acceptors (Lipinski definition) is 3. The lowest BCUT2D eigenvalue weighted by molar-refractivity contribution is -0.143. The van der Waals surface area contributed by atoms with E-state index in [4.69, 9.17) is 4.99 Å². The van der Waals surface area contributed by atoms with E-state index in [-0.39, 0.29) is 30.0 Å². The Morgan fingerprint density at radius 3 is 2.55 bits per heavy atom. The highest BCUT2D eigenvalue weighted by atomic mass is 127. The van der Waals surface area contributed by atoms with Crippen LogP contribution in [-0.2, 0) is 6.42 Å². The molecule has 2 saturated heterocycles. The largest absolute Gasteiger partial charge is 0.401 e. The number of nitrogens with zero attached hydrogens (tertiary/aromatic N) is 3. The Morgan fingerprint density at radius 1 is 1.10 bits per heavy atom. The monoisotopic (exact) mass is 553 g/mol. The number of likely N-dealkylation sites (tertiary alicyclic amines) is 2. The highest BCUT2D eigenvalue weighted by Crippen LogP contribution is 2.20. The summed E-state index contributed by atoms with van der Waals surface area (Å²) in [4.78, 5) is 8.70. The summed E-state index contributed by atoms with van der Waals surface area (Å²) in [6.45, 7) is 6.75. The molecule has 2 unspecified atom stereocenters. The average molecular weight is 553 g/mol. The van der Waals surface area contributed by atoms with Crippen LogP contribution in [0.25, 0.3) is 0 Å². The van der Waals surface area contributed by atoms with Crippen molar-refractivity contribution < 1.29 is 13.2 Å². The topological polar surface area (TPSA) is 42.9 Å². The summed E-state index contributed by atoms with van der Waals surface area (Å²) in [5.41, 5.74) is 1.37. The van der Waals surface area contributed by atoms with Crippen molar-refractivity contribution in [2.24, 2.45) is 10.9 Å². The molecule has 31 heavy (non-hydrogen) atoms. The Bertz CT molecular complexity index is 671. The van der Waals surface area contributed by atoms with E-state index < -0.39 is 12.7 Å². The van der Waals surface area contributed by atoms with Gasteiger partial charge in [0.2, 0.25) is 0 Å². The van der Waals surface area contributed by atoms with Crippen molar-refractivity contribution in [2.45, 2.75) is 38.4 Å². The van der Waals surface area contributed by atoms with E-state index in [1.165, 1.54) is 10.5 Å². The molecule has 0 aliphatic carbocycles. The number of guanidine groups is 1. The van der Waals surface area contributed by atoms with Crippen LogP contribution in [0.2, 0.25) is 0 Å².